The summed E-state index contributed by atoms with van der Waals surface area (Å²) in [5, 5.41) is 4.61. The molecule has 0 fully saturated rings. The molecule has 5 nitrogen and oxygen atoms in total. The summed E-state index contributed by atoms with van der Waals surface area (Å²) in [6.07, 6.45) is 22.3. The van der Waals surface area contributed by atoms with Crippen molar-refractivity contribution in [1.29, 1.82) is 0 Å². The first-order valence-corrected chi connectivity index (χ1v) is 10.3. The van der Waals surface area contributed by atoms with E-state index in [1.54, 1.807) is 0 Å². The van der Waals surface area contributed by atoms with E-state index < -0.39 is 0 Å². The highest BCUT2D eigenvalue weighted by Crippen LogP contribution is 2.10. The molecule has 0 bridgehead atoms. The SMILES string of the molecule is CCCCCCCCC=CCCCCCCCCn1c(=O)[nH][nH]c1=O. The largest absolute Gasteiger partial charge is 0.344 e. The van der Waals surface area contributed by atoms with E-state index in [4.69, 9.17) is 0 Å². The van der Waals surface area contributed by atoms with E-state index in [-0.39, 0.29) is 11.4 Å². The molecule has 0 radical (unpaired) electrons. The van der Waals surface area contributed by atoms with Crippen molar-refractivity contribution in [3.05, 3.63) is 33.1 Å². The highest BCUT2D eigenvalue weighted by molar-refractivity contribution is 4.81. The van der Waals surface area contributed by atoms with Gasteiger partial charge in [0.15, 0.2) is 0 Å². The van der Waals surface area contributed by atoms with Gasteiger partial charge in [-0.15, -0.1) is 0 Å². The lowest BCUT2D eigenvalue weighted by Gasteiger charge is -2.01. The maximum Gasteiger partial charge on any atom is 0.344 e. The number of nitrogens with zero attached hydrogens (tertiary/aromatic N) is 1. The minimum Gasteiger partial charge on any atom is -0.247 e. The molecule has 1 rings (SSSR count). The van der Waals surface area contributed by atoms with Crippen LogP contribution in [0.2, 0.25) is 0 Å². The lowest BCUT2D eigenvalue weighted by atomic mass is 10.1. The zero-order valence-corrected chi connectivity index (χ0v) is 16.0. The fraction of sp³-hybridized carbons (Fsp3) is 0.800. The monoisotopic (exact) mass is 351 g/mol. The quantitative estimate of drug-likeness (QED) is 0.328. The van der Waals surface area contributed by atoms with Crippen LogP contribution in [0.4, 0.5) is 0 Å². The van der Waals surface area contributed by atoms with Crippen molar-refractivity contribution in [2.45, 2.75) is 103 Å². The predicted molar refractivity (Wildman–Crippen MR) is 105 cm³/mol. The Bertz CT molecular complexity index is 526. The zero-order chi connectivity index (χ0) is 18.2. The summed E-state index contributed by atoms with van der Waals surface area (Å²) in [5.74, 6) is 0. The van der Waals surface area contributed by atoms with Gasteiger partial charge < -0.3 is 0 Å². The second-order valence-corrected chi connectivity index (χ2v) is 6.95. The van der Waals surface area contributed by atoms with Gasteiger partial charge in [0.25, 0.3) is 0 Å². The Labute approximate surface area is 151 Å². The van der Waals surface area contributed by atoms with E-state index in [0.29, 0.717) is 6.54 Å². The highest BCUT2D eigenvalue weighted by atomic mass is 16.2. The topological polar surface area (TPSA) is 70.7 Å². The number of aromatic nitrogens is 3. The molecule has 1 aromatic heterocycles. The summed E-state index contributed by atoms with van der Waals surface area (Å²) in [7, 11) is 0. The molecule has 0 saturated carbocycles. The number of hydrogen-bond donors (Lipinski definition) is 2. The average Bonchev–Trinajstić information content (AvgIpc) is 2.93. The summed E-state index contributed by atoms with van der Waals surface area (Å²) in [6.45, 7) is 2.77. The average molecular weight is 352 g/mol. The third kappa shape index (κ3) is 10.8. The first-order valence-electron chi connectivity index (χ1n) is 10.3. The summed E-state index contributed by atoms with van der Waals surface area (Å²) < 4.78 is 1.23. The Hall–Kier alpha value is -1.52. The number of aromatic amines is 2. The van der Waals surface area contributed by atoms with Crippen LogP contribution in [0.15, 0.2) is 21.7 Å². The molecule has 0 aliphatic rings. The molecule has 0 unspecified atom stereocenters. The van der Waals surface area contributed by atoms with Gasteiger partial charge in [0, 0.05) is 6.54 Å². The maximum absolute atomic E-state index is 11.3. The van der Waals surface area contributed by atoms with E-state index in [2.05, 4.69) is 29.3 Å². The second-order valence-electron chi connectivity index (χ2n) is 6.95. The standard InChI is InChI=1S/C20H37N3O2/c1-2-3-4-5-6-7-8-9-10-11-12-13-14-15-16-17-18-23-19(24)21-22-20(23)25/h9-10H,2-8,11-18H2,1H3,(H,21,24)(H,22,25). The minimum absolute atomic E-state index is 0.335. The number of unbranched alkanes of at least 4 members (excludes halogenated alkanes) is 12. The Morgan fingerprint density at radius 1 is 0.680 bits per heavy atom. The summed E-state index contributed by atoms with van der Waals surface area (Å²) in [6, 6.07) is 0. The van der Waals surface area contributed by atoms with Crippen LogP contribution in [0.25, 0.3) is 0 Å². The van der Waals surface area contributed by atoms with Gasteiger partial charge in [-0.1, -0.05) is 76.9 Å². The van der Waals surface area contributed by atoms with Crippen molar-refractivity contribution in [1.82, 2.24) is 14.8 Å². The molecule has 0 saturated heterocycles. The van der Waals surface area contributed by atoms with Crippen LogP contribution in [0.5, 0.6) is 0 Å². The Balaban J connectivity index is 1.83. The molecule has 0 atom stereocenters. The van der Waals surface area contributed by atoms with Crippen LogP contribution in [0, 0.1) is 0 Å². The lowest BCUT2D eigenvalue weighted by Crippen LogP contribution is -2.26. The molecule has 1 heterocycles. The highest BCUT2D eigenvalue weighted by Gasteiger charge is 2.01. The van der Waals surface area contributed by atoms with Crippen LogP contribution >= 0.6 is 0 Å². The van der Waals surface area contributed by atoms with E-state index in [9.17, 15) is 9.59 Å². The molecule has 0 amide bonds. The molecule has 1 aromatic rings. The number of nitrogens with one attached hydrogen (secondary N) is 2. The van der Waals surface area contributed by atoms with Gasteiger partial charge in [-0.05, 0) is 32.1 Å². The molecule has 5 heteroatoms. The molecule has 0 aliphatic carbocycles. The first-order chi connectivity index (χ1) is 12.3. The van der Waals surface area contributed by atoms with Crippen LogP contribution < -0.4 is 11.4 Å². The lowest BCUT2D eigenvalue weighted by molar-refractivity contribution is 0.539. The summed E-state index contributed by atoms with van der Waals surface area (Å²) in [5.41, 5.74) is -0.671. The Morgan fingerprint density at radius 2 is 1.12 bits per heavy atom. The van der Waals surface area contributed by atoms with Gasteiger partial charge in [0.05, 0.1) is 0 Å². The van der Waals surface area contributed by atoms with Crippen molar-refractivity contribution < 1.29 is 0 Å². The molecule has 25 heavy (non-hydrogen) atoms. The van der Waals surface area contributed by atoms with Crippen LogP contribution in [-0.4, -0.2) is 14.8 Å². The smallest absolute Gasteiger partial charge is 0.247 e. The van der Waals surface area contributed by atoms with Crippen molar-refractivity contribution in [3.63, 3.8) is 0 Å². The Morgan fingerprint density at radius 3 is 1.64 bits per heavy atom. The first kappa shape index (κ1) is 21.5. The molecule has 0 aliphatic heterocycles. The van der Waals surface area contributed by atoms with Gasteiger partial charge in [-0.3, -0.25) is 0 Å². The number of allylic oxidation sites excluding steroid dienone is 2. The molecular weight excluding hydrogens is 314 g/mol. The fourth-order valence-electron chi connectivity index (χ4n) is 3.05. The van der Waals surface area contributed by atoms with E-state index in [1.807, 2.05) is 0 Å². The minimum atomic E-state index is -0.335. The summed E-state index contributed by atoms with van der Waals surface area (Å²) >= 11 is 0. The maximum atomic E-state index is 11.3. The zero-order valence-electron chi connectivity index (χ0n) is 16.0. The van der Waals surface area contributed by atoms with E-state index >= 15 is 0 Å². The van der Waals surface area contributed by atoms with Crippen LogP contribution in [-0.2, 0) is 6.54 Å². The molecular formula is C20H37N3O2. The summed E-state index contributed by atoms with van der Waals surface area (Å²) in [4.78, 5) is 22.6. The molecule has 144 valence electrons. The van der Waals surface area contributed by atoms with Crippen molar-refractivity contribution in [3.8, 4) is 0 Å². The predicted octanol–water partition coefficient (Wildman–Crippen LogP) is 4.90. The third-order valence-corrected chi connectivity index (χ3v) is 4.66. The fourth-order valence-corrected chi connectivity index (χ4v) is 3.05. The van der Waals surface area contributed by atoms with Crippen molar-refractivity contribution in [2.75, 3.05) is 0 Å². The number of hydrogen-bond acceptors (Lipinski definition) is 2. The van der Waals surface area contributed by atoms with Crippen LogP contribution in [0.3, 0.4) is 0 Å². The normalized spacial score (nSPS) is 11.6. The number of H-pyrrole nitrogens is 2. The van der Waals surface area contributed by atoms with Crippen LogP contribution in [0.1, 0.15) is 96.8 Å². The van der Waals surface area contributed by atoms with E-state index in [1.165, 1.54) is 81.6 Å². The molecule has 0 aromatic carbocycles. The van der Waals surface area contributed by atoms with Crippen molar-refractivity contribution in [2.24, 2.45) is 0 Å². The van der Waals surface area contributed by atoms with E-state index in [0.717, 1.165) is 12.8 Å². The van der Waals surface area contributed by atoms with Gasteiger partial charge >= 0.3 is 11.4 Å². The Kier molecular flexibility index (Phi) is 12.7. The van der Waals surface area contributed by atoms with Gasteiger partial charge in [-0.2, -0.15) is 0 Å². The van der Waals surface area contributed by atoms with Gasteiger partial charge in [0.1, 0.15) is 0 Å². The third-order valence-electron chi connectivity index (χ3n) is 4.66. The molecule has 0 spiro atoms. The van der Waals surface area contributed by atoms with Gasteiger partial charge in [-0.25, -0.2) is 24.4 Å². The van der Waals surface area contributed by atoms with Crippen molar-refractivity contribution >= 4 is 0 Å². The second kappa shape index (κ2) is 14.8. The molecule has 2 N–H and O–H groups in total. The van der Waals surface area contributed by atoms with Gasteiger partial charge in [0.2, 0.25) is 0 Å². The number of rotatable bonds is 16.